The molecule has 1 atom stereocenters. The molecule has 4 heteroatoms. The molecule has 0 spiro atoms. The van der Waals surface area contributed by atoms with E-state index in [-0.39, 0.29) is 25.1 Å². The summed E-state index contributed by atoms with van der Waals surface area (Å²) in [5, 5.41) is 9.94. The number of fused-ring (bicyclic) bond motifs is 1. The van der Waals surface area contributed by atoms with Crippen molar-refractivity contribution in [2.24, 2.45) is 5.73 Å². The van der Waals surface area contributed by atoms with Gasteiger partial charge in [-0.25, -0.2) is 0 Å². The minimum absolute atomic E-state index is 0. The number of benzene rings is 1. The molecule has 1 aromatic carbocycles. The smallest absolute Gasteiger partial charge is 0.0457 e. The van der Waals surface area contributed by atoms with Crippen molar-refractivity contribution in [1.29, 1.82) is 0 Å². The molecule has 16 heavy (non-hydrogen) atoms. The van der Waals surface area contributed by atoms with Crippen LogP contribution in [0.5, 0.6) is 0 Å². The van der Waals surface area contributed by atoms with E-state index in [4.69, 9.17) is 10.8 Å². The number of halogens is 1. The number of aromatic nitrogens is 1. The van der Waals surface area contributed by atoms with Crippen LogP contribution < -0.4 is 5.73 Å². The monoisotopic (exact) mass is 240 g/mol. The first-order valence-corrected chi connectivity index (χ1v) is 5.25. The lowest BCUT2D eigenvalue weighted by atomic mass is 10.0. The third kappa shape index (κ3) is 2.76. The molecule has 0 amide bonds. The number of aliphatic hydroxyl groups is 1. The molecule has 3 nitrogen and oxygen atoms in total. The van der Waals surface area contributed by atoms with Crippen molar-refractivity contribution in [2.75, 3.05) is 6.61 Å². The minimum Gasteiger partial charge on any atom is -0.396 e. The van der Waals surface area contributed by atoms with Gasteiger partial charge in [-0.15, -0.1) is 12.4 Å². The number of rotatable bonds is 4. The Kier molecular flexibility index (Phi) is 4.80. The average molecular weight is 241 g/mol. The van der Waals surface area contributed by atoms with Gasteiger partial charge < -0.3 is 15.8 Å². The number of nitrogens with two attached hydrogens (primary N) is 1. The number of aromatic amines is 1. The van der Waals surface area contributed by atoms with E-state index in [2.05, 4.69) is 23.2 Å². The topological polar surface area (TPSA) is 62.0 Å². The Morgan fingerprint density at radius 1 is 1.31 bits per heavy atom. The van der Waals surface area contributed by atoms with Crippen molar-refractivity contribution in [3.8, 4) is 0 Å². The van der Waals surface area contributed by atoms with Gasteiger partial charge in [0.05, 0.1) is 0 Å². The molecule has 1 aromatic heterocycles. The first-order valence-electron chi connectivity index (χ1n) is 5.25. The SMILES string of the molecule is Cl.N[C@H](CCCO)c1ccc2cc[nH]c2c1. The lowest BCUT2D eigenvalue weighted by molar-refractivity contribution is 0.280. The van der Waals surface area contributed by atoms with E-state index in [1.54, 1.807) is 0 Å². The Morgan fingerprint density at radius 2 is 2.12 bits per heavy atom. The zero-order valence-electron chi connectivity index (χ0n) is 9.02. The second-order valence-electron chi connectivity index (χ2n) is 3.80. The molecular weight excluding hydrogens is 224 g/mol. The van der Waals surface area contributed by atoms with E-state index in [0.29, 0.717) is 0 Å². The second kappa shape index (κ2) is 5.89. The van der Waals surface area contributed by atoms with Crippen LogP contribution in [0.2, 0.25) is 0 Å². The van der Waals surface area contributed by atoms with E-state index in [9.17, 15) is 0 Å². The van der Waals surface area contributed by atoms with Crippen LogP contribution in [0.1, 0.15) is 24.4 Å². The molecule has 0 aliphatic heterocycles. The fourth-order valence-electron chi connectivity index (χ4n) is 1.77. The molecule has 0 saturated heterocycles. The van der Waals surface area contributed by atoms with E-state index in [0.717, 1.165) is 23.9 Å². The summed E-state index contributed by atoms with van der Waals surface area (Å²) in [6, 6.07) is 8.26. The van der Waals surface area contributed by atoms with E-state index in [1.807, 2.05) is 12.3 Å². The van der Waals surface area contributed by atoms with Gasteiger partial charge in [-0.3, -0.25) is 0 Å². The molecule has 2 aromatic rings. The third-order valence-corrected chi connectivity index (χ3v) is 2.68. The highest BCUT2D eigenvalue weighted by Gasteiger charge is 2.06. The standard InChI is InChI=1S/C12H16N2O.ClH/c13-11(2-1-7-15)10-4-3-9-5-6-14-12(9)8-10;/h3-6,8,11,14-15H,1-2,7,13H2;1H/t11-;/m1./s1. The molecule has 0 radical (unpaired) electrons. The van der Waals surface area contributed by atoms with Gasteiger partial charge in [-0.1, -0.05) is 12.1 Å². The first kappa shape index (κ1) is 13.0. The van der Waals surface area contributed by atoms with E-state index >= 15 is 0 Å². The van der Waals surface area contributed by atoms with Crippen molar-refractivity contribution >= 4 is 23.3 Å². The maximum Gasteiger partial charge on any atom is 0.0457 e. The number of H-pyrrole nitrogens is 1. The van der Waals surface area contributed by atoms with E-state index in [1.165, 1.54) is 5.39 Å². The van der Waals surface area contributed by atoms with Gasteiger partial charge in [0.1, 0.15) is 0 Å². The lowest BCUT2D eigenvalue weighted by Gasteiger charge is -2.11. The number of hydrogen-bond acceptors (Lipinski definition) is 2. The summed E-state index contributed by atoms with van der Waals surface area (Å²) < 4.78 is 0. The van der Waals surface area contributed by atoms with Crippen molar-refractivity contribution in [1.82, 2.24) is 4.98 Å². The third-order valence-electron chi connectivity index (χ3n) is 2.68. The summed E-state index contributed by atoms with van der Waals surface area (Å²) in [7, 11) is 0. The highest BCUT2D eigenvalue weighted by atomic mass is 35.5. The van der Waals surface area contributed by atoms with E-state index < -0.39 is 0 Å². The van der Waals surface area contributed by atoms with Crippen LogP contribution in [-0.2, 0) is 0 Å². The Balaban J connectivity index is 0.00000128. The summed E-state index contributed by atoms with van der Waals surface area (Å²) in [6.45, 7) is 0.207. The number of nitrogens with one attached hydrogen (secondary N) is 1. The van der Waals surface area contributed by atoms with Crippen molar-refractivity contribution in [3.63, 3.8) is 0 Å². The van der Waals surface area contributed by atoms with Crippen LogP contribution >= 0.6 is 12.4 Å². The van der Waals surface area contributed by atoms with Crippen LogP contribution in [0.4, 0.5) is 0 Å². The summed E-state index contributed by atoms with van der Waals surface area (Å²) in [5.74, 6) is 0. The highest BCUT2D eigenvalue weighted by molar-refractivity contribution is 5.85. The molecule has 1 heterocycles. The van der Waals surface area contributed by atoms with Gasteiger partial charge in [0.2, 0.25) is 0 Å². The highest BCUT2D eigenvalue weighted by Crippen LogP contribution is 2.20. The van der Waals surface area contributed by atoms with Crippen LogP contribution in [0.3, 0.4) is 0 Å². The zero-order chi connectivity index (χ0) is 10.7. The predicted octanol–water partition coefficient (Wildman–Crippen LogP) is 2.36. The molecular formula is C12H17ClN2O. The largest absolute Gasteiger partial charge is 0.396 e. The lowest BCUT2D eigenvalue weighted by Crippen LogP contribution is -2.10. The first-order chi connectivity index (χ1) is 7.31. The van der Waals surface area contributed by atoms with Crippen LogP contribution in [0.25, 0.3) is 10.9 Å². The Labute approximate surface area is 101 Å². The molecule has 88 valence electrons. The zero-order valence-corrected chi connectivity index (χ0v) is 9.83. The molecule has 0 bridgehead atoms. The number of aliphatic hydroxyl groups excluding tert-OH is 1. The minimum atomic E-state index is 0. The molecule has 0 unspecified atom stereocenters. The Bertz CT molecular complexity index is 441. The molecule has 0 fully saturated rings. The van der Waals surface area contributed by atoms with Crippen molar-refractivity contribution in [3.05, 3.63) is 36.0 Å². The quantitative estimate of drug-likeness (QED) is 0.768. The fourth-order valence-corrected chi connectivity index (χ4v) is 1.77. The van der Waals surface area contributed by atoms with Gasteiger partial charge in [-0.2, -0.15) is 0 Å². The normalized spacial score (nSPS) is 12.4. The second-order valence-corrected chi connectivity index (χ2v) is 3.80. The summed E-state index contributed by atoms with van der Waals surface area (Å²) in [4.78, 5) is 3.17. The van der Waals surface area contributed by atoms with Gasteiger partial charge >= 0.3 is 0 Å². The van der Waals surface area contributed by atoms with Gasteiger partial charge in [0.15, 0.2) is 0 Å². The van der Waals surface area contributed by atoms with Gasteiger partial charge in [0.25, 0.3) is 0 Å². The maximum absolute atomic E-state index is 8.74. The van der Waals surface area contributed by atoms with Crippen LogP contribution in [0, 0.1) is 0 Å². The van der Waals surface area contributed by atoms with Crippen LogP contribution in [0.15, 0.2) is 30.5 Å². The summed E-state index contributed by atoms with van der Waals surface area (Å²) in [5.41, 5.74) is 8.26. The predicted molar refractivity (Wildman–Crippen MR) is 68.8 cm³/mol. The van der Waals surface area contributed by atoms with Gasteiger partial charge in [0, 0.05) is 24.4 Å². The summed E-state index contributed by atoms with van der Waals surface area (Å²) in [6.07, 6.45) is 3.50. The molecule has 4 N–H and O–H groups in total. The molecule has 0 saturated carbocycles. The molecule has 0 aliphatic carbocycles. The summed E-state index contributed by atoms with van der Waals surface area (Å²) >= 11 is 0. The molecule has 0 aliphatic rings. The van der Waals surface area contributed by atoms with Crippen molar-refractivity contribution in [2.45, 2.75) is 18.9 Å². The Hall–Kier alpha value is -1.03. The van der Waals surface area contributed by atoms with Crippen LogP contribution in [-0.4, -0.2) is 16.7 Å². The van der Waals surface area contributed by atoms with Crippen molar-refractivity contribution < 1.29 is 5.11 Å². The number of hydrogen-bond donors (Lipinski definition) is 3. The Morgan fingerprint density at radius 3 is 2.88 bits per heavy atom. The fraction of sp³-hybridized carbons (Fsp3) is 0.333. The average Bonchev–Trinajstić information content (AvgIpc) is 2.72. The maximum atomic E-state index is 8.74. The van der Waals surface area contributed by atoms with Gasteiger partial charge in [-0.05, 0) is 35.9 Å². The molecule has 2 rings (SSSR count).